The van der Waals surface area contributed by atoms with Gasteiger partial charge in [0.1, 0.15) is 0 Å². The van der Waals surface area contributed by atoms with Crippen molar-refractivity contribution in [2.45, 2.75) is 24.6 Å². The lowest BCUT2D eigenvalue weighted by atomic mass is 9.80. The van der Waals surface area contributed by atoms with E-state index in [1.165, 1.54) is 21.4 Å². The molecule has 0 aromatic heterocycles. The van der Waals surface area contributed by atoms with Gasteiger partial charge in [-0.05, 0) is 17.5 Å². The number of hydrogen-bond donors (Lipinski definition) is 1. The number of fused-ring (bicyclic) bond motifs is 1. The molecule has 0 amide bonds. The van der Waals surface area contributed by atoms with Crippen LogP contribution in [-0.4, -0.2) is 21.5 Å². The Bertz CT molecular complexity index is 555. The van der Waals surface area contributed by atoms with Gasteiger partial charge in [0.25, 0.3) is 0 Å². The largest absolute Gasteiger partial charge is 0.377 e. The molecular formula is C15H21BN2S. The van der Waals surface area contributed by atoms with Crippen molar-refractivity contribution in [2.75, 3.05) is 19.0 Å². The average molecular weight is 272 g/mol. The Hall–Kier alpha value is -1.13. The number of hydrogen-bond acceptors (Lipinski definition) is 3. The van der Waals surface area contributed by atoms with Gasteiger partial charge in [0.05, 0.1) is 0 Å². The van der Waals surface area contributed by atoms with E-state index < -0.39 is 0 Å². The van der Waals surface area contributed by atoms with Gasteiger partial charge in [-0.1, -0.05) is 55.9 Å². The number of rotatable bonds is 5. The first kappa shape index (κ1) is 14.3. The molecule has 2 rings (SSSR count). The molecule has 0 fully saturated rings. The van der Waals surface area contributed by atoms with Crippen molar-refractivity contribution >= 4 is 35.8 Å². The standard InChI is InChI=1S/C15H21BN2S/c1-11(2)16-17-19-15-10-6-7-12-13(15)8-5-9-14(12)18(3)4/h5-11,16-17H,1-4H3. The van der Waals surface area contributed by atoms with E-state index in [1.807, 2.05) is 0 Å². The molecule has 0 aliphatic rings. The van der Waals surface area contributed by atoms with Crippen molar-refractivity contribution in [1.29, 1.82) is 0 Å². The topological polar surface area (TPSA) is 15.3 Å². The molecule has 0 aliphatic carbocycles. The zero-order valence-corrected chi connectivity index (χ0v) is 12.9. The highest BCUT2D eigenvalue weighted by Crippen LogP contribution is 2.31. The van der Waals surface area contributed by atoms with E-state index in [-0.39, 0.29) is 0 Å². The first-order valence-electron chi connectivity index (χ1n) is 6.68. The Kier molecular flexibility index (Phi) is 4.78. The van der Waals surface area contributed by atoms with Crippen molar-refractivity contribution in [3.05, 3.63) is 36.4 Å². The fraction of sp³-hybridized carbons (Fsp3) is 0.333. The summed E-state index contributed by atoms with van der Waals surface area (Å²) in [4.78, 5) is 3.46. The van der Waals surface area contributed by atoms with Gasteiger partial charge in [0, 0.05) is 30.1 Å². The summed E-state index contributed by atoms with van der Waals surface area (Å²) in [6.07, 6.45) is 0. The first-order chi connectivity index (χ1) is 9.09. The van der Waals surface area contributed by atoms with Crippen LogP contribution in [0.5, 0.6) is 0 Å². The fourth-order valence-corrected chi connectivity index (χ4v) is 3.04. The highest BCUT2D eigenvalue weighted by Gasteiger charge is 2.07. The van der Waals surface area contributed by atoms with E-state index in [9.17, 15) is 0 Å². The zero-order valence-electron chi connectivity index (χ0n) is 12.1. The predicted molar refractivity (Wildman–Crippen MR) is 89.5 cm³/mol. The third-order valence-corrected chi connectivity index (χ3v) is 3.90. The van der Waals surface area contributed by atoms with Crippen LogP contribution in [0.25, 0.3) is 10.8 Å². The lowest BCUT2D eigenvalue weighted by Gasteiger charge is -2.16. The maximum Gasteiger partial charge on any atom is 0.216 e. The zero-order chi connectivity index (χ0) is 13.8. The molecule has 19 heavy (non-hydrogen) atoms. The Morgan fingerprint density at radius 1 is 1.05 bits per heavy atom. The molecule has 0 saturated carbocycles. The Morgan fingerprint density at radius 3 is 2.42 bits per heavy atom. The lowest BCUT2D eigenvalue weighted by molar-refractivity contribution is 1.05. The molecule has 2 aromatic carbocycles. The SMILES string of the molecule is CC(C)BNSc1cccc2c(N(C)C)cccc12. The molecule has 100 valence electrons. The summed E-state index contributed by atoms with van der Waals surface area (Å²) in [6.45, 7) is 4.45. The quantitative estimate of drug-likeness (QED) is 0.660. The van der Waals surface area contributed by atoms with Crippen LogP contribution in [0.4, 0.5) is 5.69 Å². The van der Waals surface area contributed by atoms with Crippen LogP contribution in [0, 0.1) is 0 Å². The van der Waals surface area contributed by atoms with Gasteiger partial charge in [-0.25, -0.2) is 0 Å². The highest BCUT2D eigenvalue weighted by atomic mass is 32.2. The maximum absolute atomic E-state index is 3.45. The van der Waals surface area contributed by atoms with Crippen molar-refractivity contribution < 1.29 is 0 Å². The van der Waals surface area contributed by atoms with E-state index in [0.29, 0.717) is 5.82 Å². The van der Waals surface area contributed by atoms with Crippen LogP contribution in [0.2, 0.25) is 5.82 Å². The molecule has 2 aromatic rings. The van der Waals surface area contributed by atoms with Crippen molar-refractivity contribution in [2.24, 2.45) is 0 Å². The minimum Gasteiger partial charge on any atom is -0.377 e. The molecule has 0 heterocycles. The number of nitrogens with zero attached hydrogens (tertiary/aromatic N) is 1. The molecular weight excluding hydrogens is 251 g/mol. The maximum atomic E-state index is 3.45. The Morgan fingerprint density at radius 2 is 1.74 bits per heavy atom. The lowest BCUT2D eigenvalue weighted by Crippen LogP contribution is -2.13. The molecule has 0 radical (unpaired) electrons. The molecule has 1 N–H and O–H groups in total. The van der Waals surface area contributed by atoms with Crippen molar-refractivity contribution in [3.63, 3.8) is 0 Å². The minimum atomic E-state index is 0.666. The second kappa shape index (κ2) is 6.35. The molecule has 2 nitrogen and oxygen atoms in total. The van der Waals surface area contributed by atoms with E-state index in [4.69, 9.17) is 0 Å². The fourth-order valence-electron chi connectivity index (χ4n) is 2.03. The van der Waals surface area contributed by atoms with Crippen LogP contribution in [0.3, 0.4) is 0 Å². The second-order valence-electron chi connectivity index (χ2n) is 5.37. The van der Waals surface area contributed by atoms with Crippen LogP contribution in [-0.2, 0) is 0 Å². The summed E-state index contributed by atoms with van der Waals surface area (Å²) in [7, 11) is 5.20. The number of nitrogens with one attached hydrogen (secondary N) is 1. The van der Waals surface area contributed by atoms with Gasteiger partial charge in [-0.15, -0.1) is 0 Å². The van der Waals surface area contributed by atoms with E-state index in [1.54, 1.807) is 11.9 Å². The van der Waals surface area contributed by atoms with E-state index in [0.717, 1.165) is 7.41 Å². The second-order valence-corrected chi connectivity index (χ2v) is 6.30. The summed E-state index contributed by atoms with van der Waals surface area (Å²) in [6, 6.07) is 13.0. The average Bonchev–Trinajstić information content (AvgIpc) is 2.37. The highest BCUT2D eigenvalue weighted by molar-refractivity contribution is 7.98. The van der Waals surface area contributed by atoms with Crippen LogP contribution < -0.4 is 9.53 Å². The predicted octanol–water partition coefficient (Wildman–Crippen LogP) is 3.68. The third-order valence-electron chi connectivity index (χ3n) is 3.01. The van der Waals surface area contributed by atoms with Crippen LogP contribution >= 0.6 is 11.9 Å². The summed E-state index contributed by atoms with van der Waals surface area (Å²) in [5.74, 6) is 0.666. The Balaban J connectivity index is 2.32. The van der Waals surface area contributed by atoms with Crippen LogP contribution in [0.15, 0.2) is 41.3 Å². The summed E-state index contributed by atoms with van der Waals surface area (Å²) in [5.41, 5.74) is 1.27. The molecule has 4 heteroatoms. The molecule has 0 bridgehead atoms. The van der Waals surface area contributed by atoms with Crippen LogP contribution in [0.1, 0.15) is 13.8 Å². The van der Waals surface area contributed by atoms with E-state index >= 15 is 0 Å². The molecule has 0 unspecified atom stereocenters. The first-order valence-corrected chi connectivity index (χ1v) is 7.50. The van der Waals surface area contributed by atoms with Gasteiger partial charge < -0.3 is 9.53 Å². The molecule has 0 spiro atoms. The van der Waals surface area contributed by atoms with Gasteiger partial charge >= 0.3 is 0 Å². The summed E-state index contributed by atoms with van der Waals surface area (Å²) in [5, 5.41) is 2.62. The molecule has 0 atom stereocenters. The van der Waals surface area contributed by atoms with E-state index in [2.05, 4.69) is 73.9 Å². The summed E-state index contributed by atoms with van der Waals surface area (Å²) >= 11 is 1.73. The van der Waals surface area contributed by atoms with Crippen molar-refractivity contribution in [1.82, 2.24) is 4.63 Å². The smallest absolute Gasteiger partial charge is 0.216 e. The van der Waals surface area contributed by atoms with Gasteiger partial charge in [0.15, 0.2) is 0 Å². The van der Waals surface area contributed by atoms with Gasteiger partial charge in [-0.2, -0.15) is 0 Å². The van der Waals surface area contributed by atoms with Gasteiger partial charge in [-0.3, -0.25) is 0 Å². The minimum absolute atomic E-state index is 0.666. The monoisotopic (exact) mass is 272 g/mol. The molecule has 0 aliphatic heterocycles. The van der Waals surface area contributed by atoms with Gasteiger partial charge in [0.2, 0.25) is 7.41 Å². The normalized spacial score (nSPS) is 11.0. The number of anilines is 1. The van der Waals surface area contributed by atoms with Crippen molar-refractivity contribution in [3.8, 4) is 0 Å². The molecule has 0 saturated heterocycles. The number of benzene rings is 2. The third kappa shape index (κ3) is 3.45. The summed E-state index contributed by atoms with van der Waals surface area (Å²) < 4.78 is 3.45. The Labute approximate surface area is 121 Å².